The summed E-state index contributed by atoms with van der Waals surface area (Å²) in [5.41, 5.74) is 1.13. The first-order chi connectivity index (χ1) is 13.1. The Bertz CT molecular complexity index is 736. The van der Waals surface area contributed by atoms with Gasteiger partial charge in [-0.05, 0) is 35.9 Å². The van der Waals surface area contributed by atoms with E-state index >= 15 is 0 Å². The van der Waals surface area contributed by atoms with Crippen LogP contribution in [0.1, 0.15) is 10.4 Å². The zero-order valence-corrected chi connectivity index (χ0v) is 19.8. The Hall–Kier alpha value is -1.81. The molecule has 154 valence electrons. The van der Waals surface area contributed by atoms with Gasteiger partial charge in [0.05, 0.1) is 7.11 Å². The molecule has 0 bridgehead atoms. The first-order valence-electron chi connectivity index (χ1n) is 8.96. The maximum Gasteiger partial charge on any atom is 0.243 e. The number of nitrogens with zero attached hydrogens (tertiary/aromatic N) is 2. The molecule has 1 amide bonds. The summed E-state index contributed by atoms with van der Waals surface area (Å²) in [6, 6.07) is 12.1. The number of nitrogens with one attached hydrogen (secondary N) is 2. The molecule has 0 unspecified atom stereocenters. The largest absolute Gasteiger partial charge is 0.496 e. The van der Waals surface area contributed by atoms with Crippen LogP contribution in [0.25, 0.3) is 0 Å². The zero-order chi connectivity index (χ0) is 19.5. The number of hydrogen-bond donors (Lipinski definition) is 2. The second-order valence-corrected chi connectivity index (χ2v) is 7.23. The minimum absolute atomic E-state index is 0. The predicted molar refractivity (Wildman–Crippen MR) is 127 cm³/mol. The maximum atomic E-state index is 11.8. The number of aliphatic imine (C=N–C) groups is 1. The van der Waals surface area contributed by atoms with E-state index < -0.39 is 0 Å². The van der Waals surface area contributed by atoms with E-state index in [-0.39, 0.29) is 36.4 Å². The number of hydrogen-bond acceptors (Lipinski definition) is 4. The number of benzene rings is 1. The number of ether oxygens (including phenoxy) is 1. The number of rotatable bonds is 9. The quantitative estimate of drug-likeness (QED) is 0.306. The standard InChI is InChI=1S/C20H28N4O2S.HI/c1-24(2)19(25)15-23-20(22-13-11-17-8-6-14-27-17)21-12-10-16-7-4-5-9-18(16)26-3;/h4-9,14H,10-13,15H2,1-3H3,(H2,21,22,23);1H. The van der Waals surface area contributed by atoms with E-state index in [0.29, 0.717) is 12.5 Å². The third-order valence-electron chi connectivity index (χ3n) is 3.99. The van der Waals surface area contributed by atoms with Gasteiger partial charge < -0.3 is 20.3 Å². The van der Waals surface area contributed by atoms with Crippen molar-refractivity contribution in [1.82, 2.24) is 15.5 Å². The normalized spacial score (nSPS) is 10.8. The van der Waals surface area contributed by atoms with Crippen LogP contribution in [0, 0.1) is 0 Å². The van der Waals surface area contributed by atoms with Crippen LogP contribution in [-0.2, 0) is 17.6 Å². The van der Waals surface area contributed by atoms with Gasteiger partial charge in [-0.3, -0.25) is 4.79 Å². The van der Waals surface area contributed by atoms with E-state index in [9.17, 15) is 4.79 Å². The molecule has 0 fully saturated rings. The van der Waals surface area contributed by atoms with E-state index in [1.807, 2.05) is 18.2 Å². The van der Waals surface area contributed by atoms with Crippen molar-refractivity contribution >= 4 is 47.2 Å². The van der Waals surface area contributed by atoms with Gasteiger partial charge in [-0.15, -0.1) is 35.3 Å². The average molecular weight is 516 g/mol. The highest BCUT2D eigenvalue weighted by atomic mass is 127. The van der Waals surface area contributed by atoms with Gasteiger partial charge in [0, 0.05) is 32.1 Å². The van der Waals surface area contributed by atoms with Gasteiger partial charge in [0.25, 0.3) is 0 Å². The Morgan fingerprint density at radius 3 is 2.46 bits per heavy atom. The maximum absolute atomic E-state index is 11.8. The molecule has 6 nitrogen and oxygen atoms in total. The van der Waals surface area contributed by atoms with Crippen LogP contribution in [0.2, 0.25) is 0 Å². The van der Waals surface area contributed by atoms with E-state index in [0.717, 1.165) is 30.7 Å². The Morgan fingerprint density at radius 2 is 1.82 bits per heavy atom. The number of carbonyl (C=O) groups excluding carboxylic acids is 1. The lowest BCUT2D eigenvalue weighted by atomic mass is 10.1. The van der Waals surface area contributed by atoms with Gasteiger partial charge in [-0.2, -0.15) is 0 Å². The summed E-state index contributed by atoms with van der Waals surface area (Å²) in [6.07, 6.45) is 1.73. The van der Waals surface area contributed by atoms with Crippen molar-refractivity contribution in [2.75, 3.05) is 40.8 Å². The van der Waals surface area contributed by atoms with Gasteiger partial charge in [0.2, 0.25) is 5.91 Å². The van der Waals surface area contributed by atoms with Gasteiger partial charge in [-0.1, -0.05) is 24.3 Å². The number of para-hydroxylation sites is 1. The molecule has 8 heteroatoms. The van der Waals surface area contributed by atoms with Gasteiger partial charge >= 0.3 is 0 Å². The van der Waals surface area contributed by atoms with Crippen molar-refractivity contribution in [3.63, 3.8) is 0 Å². The third-order valence-corrected chi connectivity index (χ3v) is 4.93. The minimum atomic E-state index is -0.0286. The fourth-order valence-corrected chi connectivity index (χ4v) is 3.16. The second-order valence-electron chi connectivity index (χ2n) is 6.20. The Kier molecular flexibility index (Phi) is 11.6. The van der Waals surface area contributed by atoms with Crippen molar-refractivity contribution in [2.45, 2.75) is 12.8 Å². The molecule has 0 radical (unpaired) electrons. The van der Waals surface area contributed by atoms with Crippen LogP contribution in [0.3, 0.4) is 0 Å². The Balaban J connectivity index is 0.00000392. The lowest BCUT2D eigenvalue weighted by Crippen LogP contribution is -2.40. The third kappa shape index (κ3) is 8.47. The van der Waals surface area contributed by atoms with Crippen molar-refractivity contribution in [1.29, 1.82) is 0 Å². The summed E-state index contributed by atoms with van der Waals surface area (Å²) in [7, 11) is 5.14. The lowest BCUT2D eigenvalue weighted by Gasteiger charge is -2.14. The van der Waals surface area contributed by atoms with Crippen LogP contribution < -0.4 is 15.4 Å². The van der Waals surface area contributed by atoms with Crippen molar-refractivity contribution in [3.8, 4) is 5.75 Å². The summed E-state index contributed by atoms with van der Waals surface area (Å²) >= 11 is 1.74. The van der Waals surface area contributed by atoms with Crippen LogP contribution in [-0.4, -0.2) is 57.6 Å². The molecule has 0 saturated carbocycles. The second kappa shape index (κ2) is 13.4. The zero-order valence-electron chi connectivity index (χ0n) is 16.6. The predicted octanol–water partition coefficient (Wildman–Crippen LogP) is 2.78. The Labute approximate surface area is 188 Å². The van der Waals surface area contributed by atoms with Crippen LogP contribution in [0.5, 0.6) is 5.75 Å². The monoisotopic (exact) mass is 516 g/mol. The molecular formula is C20H29IN4O2S. The molecule has 2 N–H and O–H groups in total. The highest BCUT2D eigenvalue weighted by molar-refractivity contribution is 14.0. The highest BCUT2D eigenvalue weighted by Gasteiger charge is 2.06. The first kappa shape index (κ1) is 24.2. The van der Waals surface area contributed by atoms with E-state index in [2.05, 4.69) is 39.2 Å². The van der Waals surface area contributed by atoms with E-state index in [1.54, 1.807) is 37.4 Å². The molecule has 0 spiro atoms. The topological polar surface area (TPSA) is 66.0 Å². The summed E-state index contributed by atoms with van der Waals surface area (Å²) in [5.74, 6) is 1.50. The Morgan fingerprint density at radius 1 is 1.11 bits per heavy atom. The molecule has 0 aliphatic carbocycles. The van der Waals surface area contributed by atoms with Crippen molar-refractivity contribution in [3.05, 3.63) is 52.2 Å². The highest BCUT2D eigenvalue weighted by Crippen LogP contribution is 2.17. The number of thiophene rings is 1. The average Bonchev–Trinajstić information content (AvgIpc) is 3.19. The van der Waals surface area contributed by atoms with Crippen LogP contribution in [0.15, 0.2) is 46.8 Å². The number of halogens is 1. The number of guanidine groups is 1. The number of carbonyl (C=O) groups is 1. The molecule has 1 heterocycles. The fourth-order valence-electron chi connectivity index (χ4n) is 2.45. The smallest absolute Gasteiger partial charge is 0.243 e. The van der Waals surface area contributed by atoms with Gasteiger partial charge in [0.15, 0.2) is 5.96 Å². The van der Waals surface area contributed by atoms with Gasteiger partial charge in [0.1, 0.15) is 12.3 Å². The minimum Gasteiger partial charge on any atom is -0.496 e. The molecule has 28 heavy (non-hydrogen) atoms. The van der Waals surface area contributed by atoms with Crippen LogP contribution in [0.4, 0.5) is 0 Å². The van der Waals surface area contributed by atoms with Gasteiger partial charge in [-0.25, -0.2) is 4.99 Å². The summed E-state index contributed by atoms with van der Waals surface area (Å²) in [6.45, 7) is 1.58. The lowest BCUT2D eigenvalue weighted by molar-refractivity contribution is -0.127. The summed E-state index contributed by atoms with van der Waals surface area (Å²) in [4.78, 5) is 19.1. The number of methoxy groups -OCH3 is 1. The number of amides is 1. The molecular weight excluding hydrogens is 487 g/mol. The first-order valence-corrected chi connectivity index (χ1v) is 9.84. The molecule has 0 aliphatic heterocycles. The fraction of sp³-hybridized carbons (Fsp3) is 0.400. The molecule has 0 aliphatic rings. The molecule has 2 rings (SSSR count). The summed E-state index contributed by atoms with van der Waals surface area (Å²) in [5, 5.41) is 8.70. The molecule has 0 atom stereocenters. The molecule has 1 aromatic heterocycles. The molecule has 1 aromatic carbocycles. The van der Waals surface area contributed by atoms with Crippen molar-refractivity contribution in [2.24, 2.45) is 4.99 Å². The molecule has 0 saturated heterocycles. The summed E-state index contributed by atoms with van der Waals surface area (Å²) < 4.78 is 5.39. The van der Waals surface area contributed by atoms with E-state index in [1.165, 1.54) is 4.88 Å². The van der Waals surface area contributed by atoms with Crippen LogP contribution >= 0.6 is 35.3 Å². The molecule has 2 aromatic rings. The van der Waals surface area contributed by atoms with Crippen molar-refractivity contribution < 1.29 is 9.53 Å². The number of likely N-dealkylation sites (N-methyl/N-ethyl adjacent to an activating group) is 1. The SMILES string of the molecule is COc1ccccc1CCNC(=NCC(=O)N(C)C)NCCc1cccs1.I. The van der Waals surface area contributed by atoms with E-state index in [4.69, 9.17) is 4.74 Å².